The van der Waals surface area contributed by atoms with Gasteiger partial charge in [0, 0.05) is 16.8 Å². The van der Waals surface area contributed by atoms with E-state index in [0.29, 0.717) is 16.8 Å². The van der Waals surface area contributed by atoms with E-state index >= 15 is 0 Å². The van der Waals surface area contributed by atoms with Crippen molar-refractivity contribution in [2.75, 3.05) is 5.32 Å². The Kier molecular flexibility index (Phi) is 3.85. The first-order valence-corrected chi connectivity index (χ1v) is 5.78. The van der Waals surface area contributed by atoms with E-state index < -0.39 is 0 Å². The molecule has 5 N–H and O–H groups in total. The number of carbonyl (C=O) groups is 1. The highest BCUT2D eigenvalue weighted by molar-refractivity contribution is 6.04. The van der Waals surface area contributed by atoms with Crippen LogP contribution in [0, 0.1) is 0 Å². The second-order valence-electron chi connectivity index (χ2n) is 4.06. The lowest BCUT2D eigenvalue weighted by molar-refractivity contribution is 0.102. The molecule has 0 aliphatic rings. The van der Waals surface area contributed by atoms with Gasteiger partial charge >= 0.3 is 0 Å². The number of nitrogens with zero attached hydrogens (tertiary/aromatic N) is 1. The van der Waals surface area contributed by atoms with Gasteiger partial charge in [0.05, 0.1) is 0 Å². The molecular weight excluding hydrogens is 258 g/mol. The number of nitrogens with two attached hydrogens (primary N) is 1. The fourth-order valence-corrected chi connectivity index (χ4v) is 1.60. The molecule has 2 rings (SSSR count). The van der Waals surface area contributed by atoms with E-state index in [9.17, 15) is 4.79 Å². The Labute approximate surface area is 115 Å². The maximum Gasteiger partial charge on any atom is 0.255 e. The average molecular weight is 271 g/mol. The van der Waals surface area contributed by atoms with Crippen LogP contribution in [0.3, 0.4) is 0 Å². The van der Waals surface area contributed by atoms with Crippen LogP contribution in [0.25, 0.3) is 0 Å². The van der Waals surface area contributed by atoms with Crippen LogP contribution < -0.4 is 11.1 Å². The number of hydrogen-bond acceptors (Lipinski definition) is 4. The minimum Gasteiger partial charge on any atom is -0.508 e. The molecule has 0 radical (unpaired) electrons. The second-order valence-corrected chi connectivity index (χ2v) is 4.06. The number of benzene rings is 2. The van der Waals surface area contributed by atoms with E-state index in [0.717, 1.165) is 0 Å². The molecule has 6 nitrogen and oxygen atoms in total. The van der Waals surface area contributed by atoms with E-state index in [1.165, 1.54) is 24.3 Å². The zero-order chi connectivity index (χ0) is 14.5. The molecule has 0 aromatic heterocycles. The highest BCUT2D eigenvalue weighted by Crippen LogP contribution is 2.13. The van der Waals surface area contributed by atoms with Crippen molar-refractivity contribution >= 4 is 17.4 Å². The van der Waals surface area contributed by atoms with E-state index in [4.69, 9.17) is 16.0 Å². The molecule has 0 heterocycles. The summed E-state index contributed by atoms with van der Waals surface area (Å²) in [6, 6.07) is 12.5. The fraction of sp³-hybridized carbons (Fsp3) is 0. The quantitative estimate of drug-likeness (QED) is 0.295. The van der Waals surface area contributed by atoms with Gasteiger partial charge in [0.1, 0.15) is 5.75 Å². The van der Waals surface area contributed by atoms with Crippen molar-refractivity contribution in [2.24, 2.45) is 10.9 Å². The average Bonchev–Trinajstić information content (AvgIpc) is 2.48. The Morgan fingerprint density at radius 3 is 2.10 bits per heavy atom. The summed E-state index contributed by atoms with van der Waals surface area (Å²) in [5, 5.41) is 23.3. The number of hydrogen-bond donors (Lipinski definition) is 4. The van der Waals surface area contributed by atoms with Gasteiger partial charge in [-0.25, -0.2) is 0 Å². The molecule has 0 spiro atoms. The van der Waals surface area contributed by atoms with Crippen molar-refractivity contribution in [3.05, 3.63) is 59.7 Å². The monoisotopic (exact) mass is 271 g/mol. The summed E-state index contributed by atoms with van der Waals surface area (Å²) in [4.78, 5) is 11.9. The Morgan fingerprint density at radius 1 is 1.00 bits per heavy atom. The molecule has 20 heavy (non-hydrogen) atoms. The van der Waals surface area contributed by atoms with Crippen molar-refractivity contribution in [3.8, 4) is 5.75 Å². The first-order valence-electron chi connectivity index (χ1n) is 5.78. The first kappa shape index (κ1) is 13.4. The molecule has 6 heteroatoms. The highest BCUT2D eigenvalue weighted by atomic mass is 16.4. The SMILES string of the molecule is N/C(=N/O)c1ccc(NC(=O)c2ccc(O)cc2)cc1. The van der Waals surface area contributed by atoms with Crippen LogP contribution in [0.4, 0.5) is 5.69 Å². The zero-order valence-electron chi connectivity index (χ0n) is 10.4. The van der Waals surface area contributed by atoms with Gasteiger partial charge in [-0.05, 0) is 48.5 Å². The predicted molar refractivity (Wildman–Crippen MR) is 75.0 cm³/mol. The number of amidine groups is 1. The summed E-state index contributed by atoms with van der Waals surface area (Å²) < 4.78 is 0. The molecule has 0 saturated heterocycles. The summed E-state index contributed by atoms with van der Waals surface area (Å²) in [6.45, 7) is 0. The van der Waals surface area contributed by atoms with Gasteiger partial charge in [0.2, 0.25) is 0 Å². The van der Waals surface area contributed by atoms with Crippen molar-refractivity contribution in [3.63, 3.8) is 0 Å². The van der Waals surface area contributed by atoms with Crippen molar-refractivity contribution < 1.29 is 15.1 Å². The number of carbonyl (C=O) groups excluding carboxylic acids is 1. The van der Waals surface area contributed by atoms with Gasteiger partial charge in [-0.3, -0.25) is 4.79 Å². The third-order valence-electron chi connectivity index (χ3n) is 2.68. The highest BCUT2D eigenvalue weighted by Gasteiger charge is 2.06. The lowest BCUT2D eigenvalue weighted by Crippen LogP contribution is -2.14. The van der Waals surface area contributed by atoms with Gasteiger partial charge in [-0.1, -0.05) is 5.16 Å². The standard InChI is InChI=1S/C14H13N3O3/c15-13(17-20)9-1-5-11(6-2-9)16-14(19)10-3-7-12(18)8-4-10/h1-8,18,20H,(H2,15,17)(H,16,19). The summed E-state index contributed by atoms with van der Waals surface area (Å²) >= 11 is 0. The van der Waals surface area contributed by atoms with Crippen LogP contribution in [-0.4, -0.2) is 22.1 Å². The Hall–Kier alpha value is -3.02. The van der Waals surface area contributed by atoms with Crippen molar-refractivity contribution in [1.29, 1.82) is 0 Å². The number of oxime groups is 1. The van der Waals surface area contributed by atoms with Crippen molar-refractivity contribution in [1.82, 2.24) is 0 Å². The van der Waals surface area contributed by atoms with E-state index in [1.54, 1.807) is 24.3 Å². The van der Waals surface area contributed by atoms with Gasteiger partial charge < -0.3 is 21.4 Å². The van der Waals surface area contributed by atoms with Crippen LogP contribution in [-0.2, 0) is 0 Å². The molecule has 0 aliphatic carbocycles. The van der Waals surface area contributed by atoms with E-state index in [1.807, 2.05) is 0 Å². The van der Waals surface area contributed by atoms with Crippen LogP contribution in [0.2, 0.25) is 0 Å². The predicted octanol–water partition coefficient (Wildman–Crippen LogP) is 1.74. The number of amides is 1. The molecule has 2 aromatic rings. The Balaban J connectivity index is 2.10. The fourth-order valence-electron chi connectivity index (χ4n) is 1.60. The Bertz CT molecular complexity index is 634. The summed E-state index contributed by atoms with van der Waals surface area (Å²) in [7, 11) is 0. The number of rotatable bonds is 3. The molecular formula is C14H13N3O3. The van der Waals surface area contributed by atoms with Gasteiger partial charge in [0.15, 0.2) is 5.84 Å². The number of aromatic hydroxyl groups is 1. The largest absolute Gasteiger partial charge is 0.508 e. The summed E-state index contributed by atoms with van der Waals surface area (Å²) in [5.74, 6) is -0.187. The minimum atomic E-state index is -0.290. The van der Waals surface area contributed by atoms with Crippen LogP contribution in [0.15, 0.2) is 53.7 Å². The topological polar surface area (TPSA) is 108 Å². The van der Waals surface area contributed by atoms with Gasteiger partial charge in [-0.15, -0.1) is 0 Å². The zero-order valence-corrected chi connectivity index (χ0v) is 10.4. The van der Waals surface area contributed by atoms with Gasteiger partial charge in [-0.2, -0.15) is 0 Å². The molecule has 102 valence electrons. The first-order chi connectivity index (χ1) is 9.60. The number of phenols is 1. The molecule has 0 saturated carbocycles. The van der Waals surface area contributed by atoms with Gasteiger partial charge in [0.25, 0.3) is 5.91 Å². The van der Waals surface area contributed by atoms with Crippen LogP contribution in [0.1, 0.15) is 15.9 Å². The second kappa shape index (κ2) is 5.75. The lowest BCUT2D eigenvalue weighted by atomic mass is 10.1. The molecule has 0 atom stereocenters. The van der Waals surface area contributed by atoms with Crippen LogP contribution >= 0.6 is 0 Å². The number of anilines is 1. The molecule has 0 unspecified atom stereocenters. The van der Waals surface area contributed by atoms with Crippen molar-refractivity contribution in [2.45, 2.75) is 0 Å². The van der Waals surface area contributed by atoms with E-state index in [2.05, 4.69) is 10.5 Å². The Morgan fingerprint density at radius 2 is 1.55 bits per heavy atom. The number of phenolic OH excluding ortho intramolecular Hbond substituents is 1. The molecule has 2 aromatic carbocycles. The maximum absolute atomic E-state index is 11.9. The van der Waals surface area contributed by atoms with E-state index in [-0.39, 0.29) is 17.5 Å². The maximum atomic E-state index is 11.9. The smallest absolute Gasteiger partial charge is 0.255 e. The third-order valence-corrected chi connectivity index (χ3v) is 2.68. The normalized spacial score (nSPS) is 11.1. The summed E-state index contributed by atoms with van der Waals surface area (Å²) in [5.41, 5.74) is 7.01. The lowest BCUT2D eigenvalue weighted by Gasteiger charge is -2.06. The number of nitrogens with one attached hydrogen (secondary N) is 1. The summed E-state index contributed by atoms with van der Waals surface area (Å²) in [6.07, 6.45) is 0. The molecule has 0 bridgehead atoms. The molecule has 1 amide bonds. The minimum absolute atomic E-state index is 0.00131. The molecule has 0 fully saturated rings. The molecule has 0 aliphatic heterocycles. The van der Waals surface area contributed by atoms with Crippen LogP contribution in [0.5, 0.6) is 5.75 Å². The third kappa shape index (κ3) is 3.05.